The van der Waals surface area contributed by atoms with Crippen molar-refractivity contribution in [3.8, 4) is 0 Å². The van der Waals surface area contributed by atoms with E-state index >= 15 is 0 Å². The minimum Gasteiger partial charge on any atom is -0.478 e. The molecule has 0 aliphatic carbocycles. The number of carboxylic acid groups (broad SMARTS) is 1. The molecule has 1 fully saturated rings. The van der Waals surface area contributed by atoms with Gasteiger partial charge in [-0.15, -0.1) is 0 Å². The van der Waals surface area contributed by atoms with Gasteiger partial charge >= 0.3 is 5.97 Å². The van der Waals surface area contributed by atoms with Crippen LogP contribution in [0.3, 0.4) is 0 Å². The molecule has 5 heteroatoms. The Bertz CT molecular complexity index is 499. The highest BCUT2D eigenvalue weighted by Gasteiger charge is 2.18. The Hall–Kier alpha value is -0.910. The summed E-state index contributed by atoms with van der Waals surface area (Å²) < 4.78 is 0.873. The Morgan fingerprint density at radius 3 is 2.67 bits per heavy atom. The molecule has 116 valence electrons. The van der Waals surface area contributed by atoms with E-state index < -0.39 is 5.97 Å². The highest BCUT2D eigenvalue weighted by molar-refractivity contribution is 9.10. The molecule has 0 amide bonds. The van der Waals surface area contributed by atoms with E-state index in [0.29, 0.717) is 5.56 Å². The summed E-state index contributed by atoms with van der Waals surface area (Å²) in [5.74, 6) is -0.120. The van der Waals surface area contributed by atoms with Gasteiger partial charge in [0.05, 0.1) is 5.56 Å². The van der Waals surface area contributed by atoms with E-state index in [4.69, 9.17) is 5.11 Å². The third kappa shape index (κ3) is 4.80. The summed E-state index contributed by atoms with van der Waals surface area (Å²) in [6.45, 7) is 4.32. The lowest BCUT2D eigenvalue weighted by molar-refractivity contribution is 0.0697. The topological polar surface area (TPSA) is 43.8 Å². The summed E-state index contributed by atoms with van der Waals surface area (Å²) in [6.07, 6.45) is 2.53. The van der Waals surface area contributed by atoms with Crippen LogP contribution < -0.4 is 0 Å². The molecule has 2 rings (SSSR count). The molecule has 0 aromatic heterocycles. The number of aromatic carboxylic acids is 1. The summed E-state index contributed by atoms with van der Waals surface area (Å²) in [5, 5.41) is 8.98. The first-order valence-corrected chi connectivity index (χ1v) is 8.14. The van der Waals surface area contributed by atoms with Gasteiger partial charge < -0.3 is 14.9 Å². The molecule has 0 saturated carbocycles. The highest BCUT2D eigenvalue weighted by atomic mass is 79.9. The molecule has 0 atom stereocenters. The molecule has 1 aliphatic rings. The van der Waals surface area contributed by atoms with Crippen LogP contribution in [0.15, 0.2) is 22.7 Å². The molecule has 0 bridgehead atoms. The van der Waals surface area contributed by atoms with Gasteiger partial charge in [0, 0.05) is 17.6 Å². The zero-order valence-corrected chi connectivity index (χ0v) is 14.3. The van der Waals surface area contributed by atoms with Crippen LogP contribution in [0.2, 0.25) is 0 Å². The maximum Gasteiger partial charge on any atom is 0.335 e. The van der Waals surface area contributed by atoms with Gasteiger partial charge in [0.1, 0.15) is 0 Å². The van der Waals surface area contributed by atoms with Gasteiger partial charge in [0.2, 0.25) is 0 Å². The van der Waals surface area contributed by atoms with Crippen molar-refractivity contribution in [1.29, 1.82) is 0 Å². The molecule has 1 saturated heterocycles. The van der Waals surface area contributed by atoms with Crippen LogP contribution >= 0.6 is 15.9 Å². The van der Waals surface area contributed by atoms with Crippen molar-refractivity contribution in [2.75, 3.05) is 33.7 Å². The van der Waals surface area contributed by atoms with E-state index in [-0.39, 0.29) is 0 Å². The molecule has 1 aromatic carbocycles. The molecule has 1 aromatic rings. The summed E-state index contributed by atoms with van der Waals surface area (Å²) in [7, 11) is 4.32. The molecule has 0 radical (unpaired) electrons. The Morgan fingerprint density at radius 1 is 1.43 bits per heavy atom. The average molecular weight is 355 g/mol. The second kappa shape index (κ2) is 7.38. The van der Waals surface area contributed by atoms with Crippen LogP contribution in [0.5, 0.6) is 0 Å². The van der Waals surface area contributed by atoms with Crippen molar-refractivity contribution in [3.05, 3.63) is 33.8 Å². The number of halogens is 1. The van der Waals surface area contributed by atoms with Crippen molar-refractivity contribution < 1.29 is 9.90 Å². The Labute approximate surface area is 134 Å². The Kier molecular flexibility index (Phi) is 5.79. The number of likely N-dealkylation sites (tertiary alicyclic amines) is 1. The summed E-state index contributed by atoms with van der Waals surface area (Å²) in [5.41, 5.74) is 1.46. The van der Waals surface area contributed by atoms with Crippen LogP contribution in [0.4, 0.5) is 0 Å². The molecule has 1 heterocycles. The number of rotatable bonds is 5. The van der Waals surface area contributed by atoms with E-state index in [1.54, 1.807) is 12.1 Å². The fraction of sp³-hybridized carbons (Fsp3) is 0.562. The van der Waals surface area contributed by atoms with Crippen LogP contribution in [0.25, 0.3) is 0 Å². The Morgan fingerprint density at radius 2 is 2.10 bits per heavy atom. The highest BCUT2D eigenvalue weighted by Crippen LogP contribution is 2.22. The largest absolute Gasteiger partial charge is 0.478 e. The quantitative estimate of drug-likeness (QED) is 0.882. The van der Waals surface area contributed by atoms with Gasteiger partial charge in [-0.05, 0) is 63.6 Å². The molecule has 1 aliphatic heterocycles. The average Bonchev–Trinajstić information content (AvgIpc) is 2.43. The maximum atomic E-state index is 10.9. The molecule has 4 nitrogen and oxygen atoms in total. The first kappa shape index (κ1) is 16.5. The lowest BCUT2D eigenvalue weighted by atomic mass is 9.96. The summed E-state index contributed by atoms with van der Waals surface area (Å²) in [6, 6.07) is 5.26. The zero-order valence-electron chi connectivity index (χ0n) is 12.7. The first-order chi connectivity index (χ1) is 9.95. The molecule has 1 N–H and O–H groups in total. The number of nitrogens with zero attached hydrogens (tertiary/aromatic N) is 2. The second-order valence-electron chi connectivity index (χ2n) is 6.05. The van der Waals surface area contributed by atoms with Crippen molar-refractivity contribution in [2.24, 2.45) is 5.92 Å². The van der Waals surface area contributed by atoms with Crippen LogP contribution in [0.1, 0.15) is 28.8 Å². The number of carboxylic acids is 1. The lowest BCUT2D eigenvalue weighted by Gasteiger charge is -2.31. The van der Waals surface area contributed by atoms with Gasteiger partial charge in [-0.1, -0.05) is 22.0 Å². The van der Waals surface area contributed by atoms with E-state index in [0.717, 1.165) is 29.0 Å². The number of piperidine rings is 1. The monoisotopic (exact) mass is 354 g/mol. The minimum atomic E-state index is -0.887. The fourth-order valence-electron chi connectivity index (χ4n) is 2.85. The van der Waals surface area contributed by atoms with Gasteiger partial charge in [-0.3, -0.25) is 0 Å². The van der Waals surface area contributed by atoms with Crippen molar-refractivity contribution in [3.63, 3.8) is 0 Å². The summed E-state index contributed by atoms with van der Waals surface area (Å²) in [4.78, 5) is 15.7. The van der Waals surface area contributed by atoms with Gasteiger partial charge in [-0.25, -0.2) is 4.79 Å². The predicted molar refractivity (Wildman–Crippen MR) is 87.7 cm³/mol. The normalized spacial score (nSPS) is 17.3. The third-order valence-corrected chi connectivity index (χ3v) is 4.89. The zero-order chi connectivity index (χ0) is 15.4. The van der Waals surface area contributed by atoms with Crippen molar-refractivity contribution in [1.82, 2.24) is 9.80 Å². The molecular formula is C16H23BrN2O2. The maximum absolute atomic E-state index is 10.9. The van der Waals surface area contributed by atoms with Crippen LogP contribution in [0, 0.1) is 5.92 Å². The molecule has 0 spiro atoms. The molecule has 21 heavy (non-hydrogen) atoms. The van der Waals surface area contributed by atoms with Crippen molar-refractivity contribution >= 4 is 21.9 Å². The molecular weight excluding hydrogens is 332 g/mol. The standard InChI is InChI=1S/C16H23BrN2O2/c1-18-7-5-12(6-8-18)10-19(2)11-14-4-3-13(16(20)21)9-15(14)17/h3-4,9,12H,5-8,10-11H2,1-2H3,(H,20,21). The van der Waals surface area contributed by atoms with E-state index in [1.807, 2.05) is 6.07 Å². The van der Waals surface area contributed by atoms with Crippen LogP contribution in [-0.2, 0) is 6.54 Å². The summed E-state index contributed by atoms with van der Waals surface area (Å²) >= 11 is 3.48. The lowest BCUT2D eigenvalue weighted by Crippen LogP contribution is -2.35. The number of hydrogen-bond donors (Lipinski definition) is 1. The number of hydrogen-bond acceptors (Lipinski definition) is 3. The SMILES string of the molecule is CN1CCC(CN(C)Cc2ccc(C(=O)O)cc2Br)CC1. The smallest absolute Gasteiger partial charge is 0.335 e. The minimum absolute atomic E-state index is 0.323. The van der Waals surface area contributed by atoms with Crippen LogP contribution in [-0.4, -0.2) is 54.6 Å². The number of carbonyl (C=O) groups is 1. The van der Waals surface area contributed by atoms with Crippen molar-refractivity contribution in [2.45, 2.75) is 19.4 Å². The first-order valence-electron chi connectivity index (χ1n) is 7.34. The van der Waals surface area contributed by atoms with Gasteiger partial charge in [0.15, 0.2) is 0 Å². The van der Waals surface area contributed by atoms with E-state index in [2.05, 4.69) is 39.8 Å². The van der Waals surface area contributed by atoms with Gasteiger partial charge in [0.25, 0.3) is 0 Å². The van der Waals surface area contributed by atoms with E-state index in [1.165, 1.54) is 25.9 Å². The predicted octanol–water partition coefficient (Wildman–Crippen LogP) is 2.92. The fourth-order valence-corrected chi connectivity index (χ4v) is 3.35. The van der Waals surface area contributed by atoms with E-state index in [9.17, 15) is 4.79 Å². The molecule has 0 unspecified atom stereocenters. The second-order valence-corrected chi connectivity index (χ2v) is 6.91. The third-order valence-electron chi connectivity index (χ3n) is 4.15. The van der Waals surface area contributed by atoms with Gasteiger partial charge in [-0.2, -0.15) is 0 Å². The Balaban J connectivity index is 1.90. The number of benzene rings is 1.